The summed E-state index contributed by atoms with van der Waals surface area (Å²) in [6.07, 6.45) is 1.17. The molecule has 0 heterocycles. The Labute approximate surface area is 90.0 Å². The monoisotopic (exact) mass is 238 g/mol. The van der Waals surface area contributed by atoms with Gasteiger partial charge in [-0.25, -0.2) is 19.3 Å². The Kier molecular flexibility index (Phi) is 7.01. The first kappa shape index (κ1) is 14.1. The van der Waals surface area contributed by atoms with Crippen molar-refractivity contribution in [3.05, 3.63) is 0 Å². The molecule has 0 aromatic rings. The van der Waals surface area contributed by atoms with E-state index < -0.39 is 9.84 Å². The lowest BCUT2D eigenvalue weighted by Crippen LogP contribution is -2.43. The number of nitrogens with two attached hydrogens (primary N) is 1. The van der Waals surface area contributed by atoms with Crippen LogP contribution in [0, 0.1) is 0 Å². The van der Waals surface area contributed by atoms with Crippen molar-refractivity contribution in [3.8, 4) is 0 Å². The van der Waals surface area contributed by atoms with E-state index in [0.717, 1.165) is 0 Å². The van der Waals surface area contributed by atoms with Gasteiger partial charge in [0.05, 0.1) is 18.9 Å². The Morgan fingerprint density at radius 3 is 2.67 bits per heavy atom. The Hall–Kier alpha value is -0.860. The third kappa shape index (κ3) is 9.44. The highest BCUT2D eigenvalue weighted by Crippen LogP contribution is 1.80. The highest BCUT2D eigenvalue weighted by Gasteiger charge is 2.02. The van der Waals surface area contributed by atoms with E-state index in [1.54, 1.807) is 7.11 Å². The third-order valence-electron chi connectivity index (χ3n) is 1.47. The molecular formula is C7H18N4O3S. The maximum Gasteiger partial charge on any atom is 0.205 e. The first-order valence-electron chi connectivity index (χ1n) is 4.41. The van der Waals surface area contributed by atoms with Crippen LogP contribution in [0.2, 0.25) is 0 Å². The second kappa shape index (κ2) is 7.43. The van der Waals surface area contributed by atoms with Gasteiger partial charge >= 0.3 is 0 Å². The lowest BCUT2D eigenvalue weighted by atomic mass is 10.7. The zero-order chi connectivity index (χ0) is 11.7. The first-order chi connectivity index (χ1) is 6.99. The smallest absolute Gasteiger partial charge is 0.205 e. The number of hydrogen-bond acceptors (Lipinski definition) is 5. The molecule has 0 fully saturated rings. The van der Waals surface area contributed by atoms with Crippen LogP contribution in [0.4, 0.5) is 0 Å². The molecule has 0 unspecified atom stereocenters. The summed E-state index contributed by atoms with van der Waals surface area (Å²) in [7, 11) is -1.39. The summed E-state index contributed by atoms with van der Waals surface area (Å²) in [6.45, 7) is 1.22. The Bertz CT molecular complexity index is 289. The molecule has 8 heteroatoms. The van der Waals surface area contributed by atoms with Crippen LogP contribution in [-0.4, -0.2) is 53.2 Å². The van der Waals surface area contributed by atoms with Gasteiger partial charge in [-0.2, -0.15) is 0 Å². The number of nitrogens with zero attached hydrogens (tertiary/aromatic N) is 1. The first-order valence-corrected chi connectivity index (χ1v) is 6.47. The Morgan fingerprint density at radius 1 is 1.53 bits per heavy atom. The second-order valence-electron chi connectivity index (χ2n) is 2.92. The van der Waals surface area contributed by atoms with Crippen molar-refractivity contribution in [2.45, 2.75) is 0 Å². The summed E-state index contributed by atoms with van der Waals surface area (Å²) in [6, 6.07) is 0. The summed E-state index contributed by atoms with van der Waals surface area (Å²) >= 11 is 0. The molecule has 90 valence electrons. The normalized spacial score (nSPS) is 12.6. The molecule has 0 atom stereocenters. The highest BCUT2D eigenvalue weighted by molar-refractivity contribution is 7.90. The Morgan fingerprint density at radius 2 is 2.20 bits per heavy atom. The van der Waals surface area contributed by atoms with Gasteiger partial charge < -0.3 is 10.1 Å². The van der Waals surface area contributed by atoms with Crippen LogP contribution in [-0.2, 0) is 14.6 Å². The third-order valence-corrected chi connectivity index (χ3v) is 2.41. The van der Waals surface area contributed by atoms with Crippen molar-refractivity contribution in [2.75, 3.05) is 38.8 Å². The molecule has 0 bridgehead atoms. The predicted molar refractivity (Wildman–Crippen MR) is 59.2 cm³/mol. The molecule has 0 aliphatic rings. The van der Waals surface area contributed by atoms with Crippen molar-refractivity contribution < 1.29 is 13.2 Å². The van der Waals surface area contributed by atoms with Crippen molar-refractivity contribution in [1.82, 2.24) is 10.7 Å². The van der Waals surface area contributed by atoms with Crippen LogP contribution in [0.25, 0.3) is 0 Å². The highest BCUT2D eigenvalue weighted by atomic mass is 32.2. The molecule has 0 aliphatic carbocycles. The minimum atomic E-state index is -2.96. The quantitative estimate of drug-likeness (QED) is 0.164. The van der Waals surface area contributed by atoms with Crippen LogP contribution in [0.1, 0.15) is 0 Å². The molecule has 15 heavy (non-hydrogen) atoms. The average molecular weight is 238 g/mol. The fourth-order valence-electron chi connectivity index (χ4n) is 0.756. The molecule has 0 rings (SSSR count). The SMILES string of the molecule is COCCN=C(NN)NCCS(C)(=O)=O. The molecule has 0 amide bonds. The summed E-state index contributed by atoms with van der Waals surface area (Å²) in [4.78, 5) is 4.00. The van der Waals surface area contributed by atoms with Gasteiger partial charge in [-0.3, -0.25) is 5.43 Å². The molecule has 4 N–H and O–H groups in total. The fourth-order valence-corrected chi connectivity index (χ4v) is 1.23. The van der Waals surface area contributed by atoms with Crippen LogP contribution < -0.4 is 16.6 Å². The minimum absolute atomic E-state index is 0.0397. The predicted octanol–water partition coefficient (Wildman–Crippen LogP) is -1.91. The summed E-state index contributed by atoms with van der Waals surface area (Å²) in [5.74, 6) is 5.57. The molecule has 0 saturated carbocycles. The fraction of sp³-hybridized carbons (Fsp3) is 0.857. The van der Waals surface area contributed by atoms with Crippen LogP contribution >= 0.6 is 0 Å². The number of aliphatic imine (C=N–C) groups is 1. The molecule has 0 spiro atoms. The van der Waals surface area contributed by atoms with E-state index in [-0.39, 0.29) is 12.3 Å². The van der Waals surface area contributed by atoms with Crippen LogP contribution in [0.5, 0.6) is 0 Å². The number of guanidine groups is 1. The van der Waals surface area contributed by atoms with Crippen molar-refractivity contribution in [1.29, 1.82) is 0 Å². The van der Waals surface area contributed by atoms with Gasteiger partial charge in [0, 0.05) is 19.9 Å². The molecule has 0 saturated heterocycles. The van der Waals surface area contributed by atoms with Crippen molar-refractivity contribution in [3.63, 3.8) is 0 Å². The maximum atomic E-state index is 10.8. The molecule has 7 nitrogen and oxygen atoms in total. The largest absolute Gasteiger partial charge is 0.383 e. The van der Waals surface area contributed by atoms with E-state index in [1.807, 2.05) is 0 Å². The molecule has 0 aliphatic heterocycles. The Balaban J connectivity index is 3.85. The van der Waals surface area contributed by atoms with E-state index in [1.165, 1.54) is 6.26 Å². The van der Waals surface area contributed by atoms with Crippen molar-refractivity contribution >= 4 is 15.8 Å². The standard InChI is InChI=1S/C7H18N4O3S/c1-14-5-3-9-7(11-8)10-4-6-15(2,12)13/h3-6,8H2,1-2H3,(H2,9,10,11). The number of sulfone groups is 1. The van der Waals surface area contributed by atoms with Gasteiger partial charge in [-0.05, 0) is 0 Å². The van der Waals surface area contributed by atoms with Crippen molar-refractivity contribution in [2.24, 2.45) is 10.8 Å². The van der Waals surface area contributed by atoms with Gasteiger partial charge in [-0.15, -0.1) is 0 Å². The molecule has 0 aromatic heterocycles. The van der Waals surface area contributed by atoms with E-state index in [4.69, 9.17) is 10.6 Å². The van der Waals surface area contributed by atoms with Gasteiger partial charge in [0.25, 0.3) is 0 Å². The molecule has 0 aromatic carbocycles. The number of hydrogen-bond donors (Lipinski definition) is 3. The van der Waals surface area contributed by atoms with Gasteiger partial charge in [0.2, 0.25) is 5.96 Å². The lowest BCUT2D eigenvalue weighted by Gasteiger charge is -2.08. The number of ether oxygens (including phenoxy) is 1. The zero-order valence-corrected chi connectivity index (χ0v) is 9.80. The zero-order valence-electron chi connectivity index (χ0n) is 8.99. The molecular weight excluding hydrogens is 220 g/mol. The number of rotatable bonds is 6. The number of methoxy groups -OCH3 is 1. The summed E-state index contributed by atoms with van der Waals surface area (Å²) in [5, 5.41) is 2.76. The minimum Gasteiger partial charge on any atom is -0.383 e. The topological polar surface area (TPSA) is 106 Å². The van der Waals surface area contributed by atoms with E-state index in [0.29, 0.717) is 19.1 Å². The van der Waals surface area contributed by atoms with Gasteiger partial charge in [0.15, 0.2) is 0 Å². The van der Waals surface area contributed by atoms with E-state index in [2.05, 4.69) is 15.7 Å². The van der Waals surface area contributed by atoms with Crippen LogP contribution in [0.15, 0.2) is 4.99 Å². The lowest BCUT2D eigenvalue weighted by molar-refractivity contribution is 0.208. The average Bonchev–Trinajstić information content (AvgIpc) is 2.14. The van der Waals surface area contributed by atoms with E-state index in [9.17, 15) is 8.42 Å². The summed E-state index contributed by atoms with van der Waals surface area (Å²) in [5.41, 5.74) is 2.34. The van der Waals surface area contributed by atoms with Crippen LogP contribution in [0.3, 0.4) is 0 Å². The maximum absolute atomic E-state index is 10.8. The second-order valence-corrected chi connectivity index (χ2v) is 5.18. The van der Waals surface area contributed by atoms with E-state index >= 15 is 0 Å². The number of nitrogens with one attached hydrogen (secondary N) is 2. The van der Waals surface area contributed by atoms with Gasteiger partial charge in [-0.1, -0.05) is 0 Å². The molecule has 0 radical (unpaired) electrons. The van der Waals surface area contributed by atoms with Gasteiger partial charge in [0.1, 0.15) is 9.84 Å². The number of hydrazine groups is 1. The summed E-state index contributed by atoms with van der Waals surface area (Å²) < 4.78 is 26.4.